The van der Waals surface area contributed by atoms with E-state index in [0.29, 0.717) is 11.1 Å². The van der Waals surface area contributed by atoms with Gasteiger partial charge in [-0.25, -0.2) is 0 Å². The van der Waals surface area contributed by atoms with E-state index in [1.54, 1.807) is 0 Å². The first-order chi connectivity index (χ1) is 21.3. The number of hydrogen-bond donors (Lipinski definition) is 0. The Labute approximate surface area is 252 Å². The fraction of sp³-hybridized carbons (Fsp3) is 0. The molecule has 0 unspecified atom stereocenters. The highest BCUT2D eigenvalue weighted by Gasteiger charge is 2.26. The Kier molecular flexibility index (Phi) is 7.09. The number of hydrogen-bond acceptors (Lipinski definition) is 1. The zero-order valence-electron chi connectivity index (χ0n) is 23.6. The predicted octanol–water partition coefficient (Wildman–Crippen LogP) is 9.37. The largest absolute Gasteiger partial charge is 0.872 e. The van der Waals surface area contributed by atoms with E-state index in [0.717, 1.165) is 50.5 Å². The number of aromatic nitrogens is 1. The number of pyridine rings is 1. The topological polar surface area (TPSA) is 26.9 Å². The summed E-state index contributed by atoms with van der Waals surface area (Å²) in [5, 5.41) is 14.1. The van der Waals surface area contributed by atoms with Gasteiger partial charge < -0.3 is 5.11 Å². The van der Waals surface area contributed by atoms with E-state index in [1.807, 2.05) is 91.0 Å². The van der Waals surface area contributed by atoms with Gasteiger partial charge in [0.05, 0.1) is 0 Å². The predicted molar refractivity (Wildman–Crippen MR) is 175 cm³/mol. The third kappa shape index (κ3) is 5.23. The van der Waals surface area contributed by atoms with E-state index in [1.165, 1.54) is 0 Å². The first-order valence-electron chi connectivity index (χ1n) is 14.5. The SMILES string of the molecule is [O-]c1c(-c2ccccc2)cc(-[n+]2c(-c3ccccc3)cc(-c3ccccc3)cc2-c2ccccc2)cc1-c1ccccc1. The Morgan fingerprint density at radius 1 is 0.326 bits per heavy atom. The highest BCUT2D eigenvalue weighted by molar-refractivity contribution is 5.84. The molecule has 7 rings (SSSR count). The molecule has 0 saturated carbocycles. The van der Waals surface area contributed by atoms with Crippen molar-refractivity contribution in [2.75, 3.05) is 0 Å². The molecule has 0 N–H and O–H groups in total. The summed E-state index contributed by atoms with van der Waals surface area (Å²) in [6.07, 6.45) is 0. The minimum atomic E-state index is 0.0187. The lowest BCUT2D eigenvalue weighted by atomic mass is 9.94. The molecule has 204 valence electrons. The fourth-order valence-corrected chi connectivity index (χ4v) is 5.72. The molecule has 43 heavy (non-hydrogen) atoms. The molecule has 1 heterocycles. The first-order valence-corrected chi connectivity index (χ1v) is 14.5. The van der Waals surface area contributed by atoms with E-state index < -0.39 is 0 Å². The van der Waals surface area contributed by atoms with Crippen molar-refractivity contribution in [1.82, 2.24) is 0 Å². The van der Waals surface area contributed by atoms with E-state index in [4.69, 9.17) is 0 Å². The molecule has 0 radical (unpaired) electrons. The Balaban J connectivity index is 1.60. The van der Waals surface area contributed by atoms with Crippen LogP contribution in [-0.2, 0) is 0 Å². The number of nitrogens with zero attached hydrogens (tertiary/aromatic N) is 1. The fourth-order valence-electron chi connectivity index (χ4n) is 5.72. The summed E-state index contributed by atoms with van der Waals surface area (Å²) in [7, 11) is 0. The lowest BCUT2D eigenvalue weighted by molar-refractivity contribution is -0.572. The van der Waals surface area contributed by atoms with E-state index >= 15 is 0 Å². The molecule has 6 aromatic carbocycles. The van der Waals surface area contributed by atoms with Crippen LogP contribution in [0.25, 0.3) is 61.6 Å². The Morgan fingerprint density at radius 3 is 1.02 bits per heavy atom. The molecule has 0 aliphatic heterocycles. The van der Waals surface area contributed by atoms with Crippen molar-refractivity contribution in [2.24, 2.45) is 0 Å². The maximum atomic E-state index is 14.1. The molecule has 0 atom stereocenters. The van der Waals surface area contributed by atoms with Gasteiger partial charge in [0.15, 0.2) is 0 Å². The summed E-state index contributed by atoms with van der Waals surface area (Å²) in [5.74, 6) is 0.0187. The molecule has 0 aliphatic carbocycles. The molecule has 0 bridgehead atoms. The van der Waals surface area contributed by atoms with Crippen molar-refractivity contribution in [3.8, 4) is 67.3 Å². The molecular formula is C41H29NO. The van der Waals surface area contributed by atoms with Crippen LogP contribution < -0.4 is 9.67 Å². The molecule has 2 nitrogen and oxygen atoms in total. The van der Waals surface area contributed by atoms with Crippen LogP contribution >= 0.6 is 0 Å². The second kappa shape index (κ2) is 11.6. The summed E-state index contributed by atoms with van der Waals surface area (Å²) in [6.45, 7) is 0. The van der Waals surface area contributed by atoms with Crippen LogP contribution in [0.15, 0.2) is 176 Å². The van der Waals surface area contributed by atoms with Gasteiger partial charge in [0.1, 0.15) is 0 Å². The van der Waals surface area contributed by atoms with E-state index in [9.17, 15) is 5.11 Å². The Hall–Kier alpha value is -5.73. The van der Waals surface area contributed by atoms with Gasteiger partial charge in [0.25, 0.3) is 0 Å². The van der Waals surface area contributed by atoms with Crippen molar-refractivity contribution < 1.29 is 9.67 Å². The highest BCUT2D eigenvalue weighted by atomic mass is 16.3. The van der Waals surface area contributed by atoms with Gasteiger partial charge in [-0.3, -0.25) is 0 Å². The van der Waals surface area contributed by atoms with E-state index in [-0.39, 0.29) is 5.75 Å². The first kappa shape index (κ1) is 26.2. The molecular weight excluding hydrogens is 522 g/mol. The van der Waals surface area contributed by atoms with Crippen LogP contribution in [0.5, 0.6) is 5.75 Å². The highest BCUT2D eigenvalue weighted by Crippen LogP contribution is 2.39. The van der Waals surface area contributed by atoms with Gasteiger partial charge in [-0.2, -0.15) is 4.57 Å². The molecule has 0 fully saturated rings. The minimum Gasteiger partial charge on any atom is -0.872 e. The molecule has 2 heteroatoms. The Bertz CT molecular complexity index is 1870. The summed E-state index contributed by atoms with van der Waals surface area (Å²) < 4.78 is 2.30. The van der Waals surface area contributed by atoms with Gasteiger partial charge >= 0.3 is 0 Å². The van der Waals surface area contributed by atoms with Crippen LogP contribution in [-0.4, -0.2) is 0 Å². The van der Waals surface area contributed by atoms with Gasteiger partial charge in [-0.05, 0) is 57.6 Å². The molecule has 1 aromatic heterocycles. The van der Waals surface area contributed by atoms with Crippen molar-refractivity contribution in [1.29, 1.82) is 0 Å². The standard InChI is InChI=1S/C41H29NO/c43-41-37(31-18-8-2-9-19-31)28-36(29-38(41)32-20-10-3-11-21-32)42-39(33-22-12-4-13-23-33)26-35(30-16-6-1-7-17-30)27-40(42)34-24-14-5-15-25-34/h1-29H. The van der Waals surface area contributed by atoms with Crippen molar-refractivity contribution in [3.05, 3.63) is 176 Å². The minimum absolute atomic E-state index is 0.0187. The quantitative estimate of drug-likeness (QED) is 0.189. The summed E-state index contributed by atoms with van der Waals surface area (Å²) in [4.78, 5) is 0. The second-order valence-electron chi connectivity index (χ2n) is 10.6. The lowest BCUT2D eigenvalue weighted by Gasteiger charge is -2.21. The monoisotopic (exact) mass is 551 g/mol. The summed E-state index contributed by atoms with van der Waals surface area (Å²) in [5.41, 5.74) is 10.6. The average molecular weight is 552 g/mol. The van der Waals surface area contributed by atoms with Gasteiger partial charge in [-0.1, -0.05) is 133 Å². The van der Waals surface area contributed by atoms with Crippen molar-refractivity contribution in [2.45, 2.75) is 0 Å². The van der Waals surface area contributed by atoms with E-state index in [2.05, 4.69) is 89.5 Å². The van der Waals surface area contributed by atoms with Crippen molar-refractivity contribution >= 4 is 0 Å². The third-order valence-electron chi connectivity index (χ3n) is 7.81. The lowest BCUT2D eigenvalue weighted by Crippen LogP contribution is -2.36. The zero-order chi connectivity index (χ0) is 29.0. The molecule has 0 spiro atoms. The normalized spacial score (nSPS) is 10.9. The molecule has 0 aliphatic rings. The summed E-state index contributed by atoms with van der Waals surface area (Å²) >= 11 is 0. The van der Waals surface area contributed by atoms with Crippen LogP contribution in [0, 0.1) is 0 Å². The summed E-state index contributed by atoms with van der Waals surface area (Å²) in [6, 6.07) is 60.0. The van der Waals surface area contributed by atoms with Crippen molar-refractivity contribution in [3.63, 3.8) is 0 Å². The molecule has 0 saturated heterocycles. The van der Waals surface area contributed by atoms with Gasteiger partial charge in [0, 0.05) is 35.4 Å². The maximum absolute atomic E-state index is 14.1. The number of rotatable bonds is 6. The van der Waals surface area contributed by atoms with Crippen LogP contribution in [0.3, 0.4) is 0 Å². The number of benzene rings is 6. The smallest absolute Gasteiger partial charge is 0.219 e. The second-order valence-corrected chi connectivity index (χ2v) is 10.6. The maximum Gasteiger partial charge on any atom is 0.219 e. The average Bonchev–Trinajstić information content (AvgIpc) is 3.10. The van der Waals surface area contributed by atoms with Gasteiger partial charge in [-0.15, -0.1) is 0 Å². The molecule has 7 aromatic rings. The van der Waals surface area contributed by atoms with Crippen LogP contribution in [0.2, 0.25) is 0 Å². The van der Waals surface area contributed by atoms with Crippen LogP contribution in [0.4, 0.5) is 0 Å². The third-order valence-corrected chi connectivity index (χ3v) is 7.81. The Morgan fingerprint density at radius 2 is 0.651 bits per heavy atom. The zero-order valence-corrected chi connectivity index (χ0v) is 23.6. The van der Waals surface area contributed by atoms with Gasteiger partial charge in [0.2, 0.25) is 17.1 Å². The molecule has 0 amide bonds. The van der Waals surface area contributed by atoms with Crippen LogP contribution in [0.1, 0.15) is 0 Å².